The zero-order valence-electron chi connectivity index (χ0n) is 12.0. The predicted octanol–water partition coefficient (Wildman–Crippen LogP) is 0.836. The van der Waals surface area contributed by atoms with Crippen molar-refractivity contribution < 1.29 is 24.2 Å². The van der Waals surface area contributed by atoms with Crippen molar-refractivity contribution in [3.05, 3.63) is 0 Å². The van der Waals surface area contributed by atoms with E-state index in [4.69, 9.17) is 0 Å². The van der Waals surface area contributed by atoms with Gasteiger partial charge in [0.25, 0.3) is 0 Å². The molecule has 0 spiro atoms. The standard InChI is InChI=1S/C13H22N2O5/c1-15(8-5-10(16)20-2)12(19)14-9-13(11(17)18)6-3-4-7-13/h3-9H2,1-2H3,(H,14,19)(H,17,18). The van der Waals surface area contributed by atoms with Crippen molar-refractivity contribution in [2.75, 3.05) is 27.2 Å². The molecular formula is C13H22N2O5. The Morgan fingerprint density at radius 2 is 1.90 bits per heavy atom. The van der Waals surface area contributed by atoms with E-state index in [0.29, 0.717) is 12.8 Å². The van der Waals surface area contributed by atoms with Crippen molar-refractivity contribution in [1.29, 1.82) is 0 Å². The van der Waals surface area contributed by atoms with E-state index < -0.39 is 11.4 Å². The molecule has 0 aliphatic heterocycles. The first kappa shape index (κ1) is 16.3. The summed E-state index contributed by atoms with van der Waals surface area (Å²) in [5, 5.41) is 11.9. The van der Waals surface area contributed by atoms with Gasteiger partial charge in [0.1, 0.15) is 0 Å². The van der Waals surface area contributed by atoms with Crippen molar-refractivity contribution in [3.8, 4) is 0 Å². The van der Waals surface area contributed by atoms with Gasteiger partial charge in [-0.3, -0.25) is 9.59 Å². The molecule has 0 heterocycles. The summed E-state index contributed by atoms with van der Waals surface area (Å²) in [4.78, 5) is 35.5. The molecule has 0 aromatic rings. The Labute approximate surface area is 118 Å². The maximum absolute atomic E-state index is 11.8. The number of nitrogens with one attached hydrogen (secondary N) is 1. The van der Waals surface area contributed by atoms with Crippen LogP contribution in [0, 0.1) is 5.41 Å². The fraction of sp³-hybridized carbons (Fsp3) is 0.769. The molecular weight excluding hydrogens is 264 g/mol. The fourth-order valence-electron chi connectivity index (χ4n) is 2.36. The van der Waals surface area contributed by atoms with Gasteiger partial charge in [0.2, 0.25) is 0 Å². The Morgan fingerprint density at radius 3 is 2.40 bits per heavy atom. The van der Waals surface area contributed by atoms with Crippen LogP contribution in [0.15, 0.2) is 0 Å². The third-order valence-electron chi connectivity index (χ3n) is 3.82. The zero-order valence-corrected chi connectivity index (χ0v) is 12.0. The van der Waals surface area contributed by atoms with E-state index in [9.17, 15) is 19.5 Å². The number of ether oxygens (including phenoxy) is 1. The molecule has 0 atom stereocenters. The van der Waals surface area contributed by atoms with Gasteiger partial charge in [-0.1, -0.05) is 12.8 Å². The second-order valence-corrected chi connectivity index (χ2v) is 5.20. The monoisotopic (exact) mass is 286 g/mol. The fourth-order valence-corrected chi connectivity index (χ4v) is 2.36. The van der Waals surface area contributed by atoms with E-state index in [1.165, 1.54) is 12.0 Å². The van der Waals surface area contributed by atoms with Crippen LogP contribution in [-0.2, 0) is 14.3 Å². The smallest absolute Gasteiger partial charge is 0.317 e. The van der Waals surface area contributed by atoms with E-state index in [-0.39, 0.29) is 31.5 Å². The number of aliphatic carboxylic acids is 1. The Balaban J connectivity index is 2.41. The highest BCUT2D eigenvalue weighted by Crippen LogP contribution is 2.37. The summed E-state index contributed by atoms with van der Waals surface area (Å²) in [7, 11) is 2.85. The van der Waals surface area contributed by atoms with Crippen LogP contribution in [0.2, 0.25) is 0 Å². The number of methoxy groups -OCH3 is 1. The number of carbonyl (C=O) groups is 3. The highest BCUT2D eigenvalue weighted by Gasteiger charge is 2.41. The quantitative estimate of drug-likeness (QED) is 0.705. The van der Waals surface area contributed by atoms with Gasteiger partial charge in [-0.05, 0) is 12.8 Å². The Kier molecular flexibility index (Phi) is 5.79. The van der Waals surface area contributed by atoms with Crippen LogP contribution in [0.5, 0.6) is 0 Å². The van der Waals surface area contributed by atoms with Crippen LogP contribution in [0.3, 0.4) is 0 Å². The molecule has 0 aromatic carbocycles. The number of esters is 1. The number of carbonyl (C=O) groups excluding carboxylic acids is 2. The van der Waals surface area contributed by atoms with Gasteiger partial charge in [0, 0.05) is 20.1 Å². The van der Waals surface area contributed by atoms with Crippen LogP contribution in [0.4, 0.5) is 4.79 Å². The van der Waals surface area contributed by atoms with Crippen LogP contribution >= 0.6 is 0 Å². The number of hydrogen-bond acceptors (Lipinski definition) is 4. The van der Waals surface area contributed by atoms with E-state index >= 15 is 0 Å². The topological polar surface area (TPSA) is 95.9 Å². The molecule has 1 saturated carbocycles. The summed E-state index contributed by atoms with van der Waals surface area (Å²) >= 11 is 0. The molecule has 0 saturated heterocycles. The van der Waals surface area contributed by atoms with Gasteiger partial charge in [-0.25, -0.2) is 4.79 Å². The number of nitrogens with zero attached hydrogens (tertiary/aromatic N) is 1. The number of urea groups is 1. The second kappa shape index (κ2) is 7.12. The lowest BCUT2D eigenvalue weighted by Gasteiger charge is -2.26. The van der Waals surface area contributed by atoms with Crippen LogP contribution < -0.4 is 5.32 Å². The lowest BCUT2D eigenvalue weighted by molar-refractivity contribution is -0.148. The summed E-state index contributed by atoms with van der Waals surface area (Å²) in [6.45, 7) is 0.363. The maximum atomic E-state index is 11.8. The van der Waals surface area contributed by atoms with Gasteiger partial charge in [-0.15, -0.1) is 0 Å². The lowest BCUT2D eigenvalue weighted by Crippen LogP contribution is -2.46. The third-order valence-corrected chi connectivity index (χ3v) is 3.82. The number of carboxylic acid groups (broad SMARTS) is 1. The van der Waals surface area contributed by atoms with E-state index in [1.54, 1.807) is 7.05 Å². The van der Waals surface area contributed by atoms with Gasteiger partial charge >= 0.3 is 18.0 Å². The summed E-state index contributed by atoms with van der Waals surface area (Å²) in [6, 6.07) is -0.374. The first-order valence-corrected chi connectivity index (χ1v) is 6.70. The molecule has 20 heavy (non-hydrogen) atoms. The minimum Gasteiger partial charge on any atom is -0.481 e. The first-order chi connectivity index (χ1) is 9.41. The predicted molar refractivity (Wildman–Crippen MR) is 71.2 cm³/mol. The Hall–Kier alpha value is -1.79. The number of hydrogen-bond donors (Lipinski definition) is 2. The molecule has 114 valence electrons. The van der Waals surface area contributed by atoms with Crippen LogP contribution in [-0.4, -0.2) is 55.2 Å². The minimum atomic E-state index is -0.854. The Morgan fingerprint density at radius 1 is 1.30 bits per heavy atom. The Bertz CT molecular complexity index is 377. The minimum absolute atomic E-state index is 0.116. The normalized spacial score (nSPS) is 16.5. The molecule has 0 aromatic heterocycles. The van der Waals surface area contributed by atoms with Gasteiger partial charge in [0.15, 0.2) is 0 Å². The highest BCUT2D eigenvalue weighted by molar-refractivity contribution is 5.78. The molecule has 0 bridgehead atoms. The average molecular weight is 286 g/mol. The van der Waals surface area contributed by atoms with Crippen LogP contribution in [0.25, 0.3) is 0 Å². The lowest BCUT2D eigenvalue weighted by atomic mass is 9.86. The van der Waals surface area contributed by atoms with Gasteiger partial charge < -0.3 is 20.1 Å². The van der Waals surface area contributed by atoms with Gasteiger partial charge in [-0.2, -0.15) is 0 Å². The number of amides is 2. The number of carboxylic acids is 1. The summed E-state index contributed by atoms with van der Waals surface area (Å²) in [6.07, 6.45) is 3.05. The molecule has 7 heteroatoms. The van der Waals surface area contributed by atoms with E-state index in [1.807, 2.05) is 0 Å². The van der Waals surface area contributed by atoms with E-state index in [0.717, 1.165) is 12.8 Å². The molecule has 7 nitrogen and oxygen atoms in total. The van der Waals surface area contributed by atoms with Gasteiger partial charge in [0.05, 0.1) is 18.9 Å². The molecule has 2 N–H and O–H groups in total. The second-order valence-electron chi connectivity index (χ2n) is 5.20. The van der Waals surface area contributed by atoms with Crippen molar-refractivity contribution >= 4 is 18.0 Å². The van der Waals surface area contributed by atoms with Crippen molar-refractivity contribution in [1.82, 2.24) is 10.2 Å². The molecule has 0 unspecified atom stereocenters. The highest BCUT2D eigenvalue weighted by atomic mass is 16.5. The first-order valence-electron chi connectivity index (χ1n) is 6.70. The largest absolute Gasteiger partial charge is 0.481 e. The molecule has 1 aliphatic carbocycles. The van der Waals surface area contributed by atoms with E-state index in [2.05, 4.69) is 10.1 Å². The van der Waals surface area contributed by atoms with Crippen molar-refractivity contribution in [2.45, 2.75) is 32.1 Å². The average Bonchev–Trinajstić information content (AvgIpc) is 2.91. The molecule has 2 amide bonds. The zero-order chi connectivity index (χ0) is 15.2. The summed E-state index contributed by atoms with van der Waals surface area (Å²) < 4.78 is 4.49. The van der Waals surface area contributed by atoms with Crippen molar-refractivity contribution in [2.24, 2.45) is 5.41 Å². The number of rotatable bonds is 6. The van der Waals surface area contributed by atoms with Crippen LogP contribution in [0.1, 0.15) is 32.1 Å². The summed E-state index contributed by atoms with van der Waals surface area (Å²) in [5.74, 6) is -1.24. The SMILES string of the molecule is COC(=O)CCN(C)C(=O)NCC1(C(=O)O)CCCC1. The third kappa shape index (κ3) is 4.11. The molecule has 1 fully saturated rings. The molecule has 0 radical (unpaired) electrons. The maximum Gasteiger partial charge on any atom is 0.317 e. The molecule has 1 aliphatic rings. The summed E-state index contributed by atoms with van der Waals surface area (Å²) in [5.41, 5.74) is -0.834. The molecule has 1 rings (SSSR count). The van der Waals surface area contributed by atoms with Crippen molar-refractivity contribution in [3.63, 3.8) is 0 Å².